The Balaban J connectivity index is 2.31. The highest BCUT2D eigenvalue weighted by Crippen LogP contribution is 2.13. The maximum absolute atomic E-state index is 9.77. The first kappa shape index (κ1) is 13.2. The molecule has 0 bridgehead atoms. The highest BCUT2D eigenvalue weighted by Gasteiger charge is 2.20. The van der Waals surface area contributed by atoms with Crippen molar-refractivity contribution in [3.05, 3.63) is 24.2 Å². The molecule has 0 aromatic carbocycles. The number of hydrogen-bond donors (Lipinski definition) is 2. The van der Waals surface area contributed by atoms with E-state index < -0.39 is 6.10 Å². The summed E-state index contributed by atoms with van der Waals surface area (Å²) >= 11 is 0. The van der Waals surface area contributed by atoms with Gasteiger partial charge in [-0.2, -0.15) is 0 Å². The molecule has 0 aliphatic rings. The molecule has 0 aliphatic heterocycles. The van der Waals surface area contributed by atoms with Crippen LogP contribution in [0, 0.1) is 0 Å². The third-order valence-electron chi connectivity index (χ3n) is 2.98. The maximum atomic E-state index is 9.77. The van der Waals surface area contributed by atoms with E-state index in [0.29, 0.717) is 12.3 Å². The van der Waals surface area contributed by atoms with E-state index in [1.54, 1.807) is 18.4 Å². The lowest BCUT2D eigenvalue weighted by atomic mass is 10.0. The third kappa shape index (κ3) is 3.63. The van der Waals surface area contributed by atoms with Gasteiger partial charge in [0.05, 0.1) is 6.26 Å². The van der Waals surface area contributed by atoms with Gasteiger partial charge in [-0.3, -0.25) is 0 Å². The lowest BCUT2D eigenvalue weighted by molar-refractivity contribution is 0.134. The Morgan fingerprint density at radius 2 is 2.19 bits per heavy atom. The molecule has 0 amide bonds. The molecular weight excluding hydrogens is 204 g/mol. The van der Waals surface area contributed by atoms with Crippen molar-refractivity contribution in [2.24, 2.45) is 0 Å². The zero-order valence-electron chi connectivity index (χ0n) is 10.5. The van der Waals surface area contributed by atoms with E-state index in [9.17, 15) is 5.11 Å². The van der Waals surface area contributed by atoms with Gasteiger partial charge < -0.3 is 19.7 Å². The van der Waals surface area contributed by atoms with Crippen LogP contribution in [0.5, 0.6) is 0 Å². The summed E-state index contributed by atoms with van der Waals surface area (Å²) in [6.07, 6.45) is 0.996. The summed E-state index contributed by atoms with van der Waals surface area (Å²) < 4.78 is 5.12. The fourth-order valence-corrected chi connectivity index (χ4v) is 1.25. The molecule has 0 fully saturated rings. The van der Waals surface area contributed by atoms with Crippen molar-refractivity contribution in [3.8, 4) is 0 Å². The Kier molecular flexibility index (Phi) is 4.53. The smallest absolute Gasteiger partial charge is 0.133 e. The van der Waals surface area contributed by atoms with E-state index >= 15 is 0 Å². The van der Waals surface area contributed by atoms with Crippen molar-refractivity contribution >= 4 is 0 Å². The highest BCUT2D eigenvalue weighted by atomic mass is 16.4. The summed E-state index contributed by atoms with van der Waals surface area (Å²) in [5.74, 6) is 0.607. The molecule has 1 heterocycles. The summed E-state index contributed by atoms with van der Waals surface area (Å²) in [6, 6.07) is 3.56. The molecule has 1 unspecified atom stereocenters. The van der Waals surface area contributed by atoms with Crippen molar-refractivity contribution in [2.75, 3.05) is 27.2 Å². The van der Waals surface area contributed by atoms with Crippen LogP contribution in [0.1, 0.15) is 25.7 Å². The molecule has 92 valence electrons. The Labute approximate surface area is 97.2 Å². The Hall–Kier alpha value is -0.840. The number of nitrogens with zero attached hydrogens (tertiary/aromatic N) is 1. The normalized spacial score (nSPS) is 14.4. The second-order valence-electron chi connectivity index (χ2n) is 4.87. The van der Waals surface area contributed by atoms with Crippen LogP contribution in [0.2, 0.25) is 0 Å². The first-order valence-electron chi connectivity index (χ1n) is 5.53. The Morgan fingerprint density at radius 3 is 2.69 bits per heavy atom. The Bertz CT molecular complexity index is 294. The van der Waals surface area contributed by atoms with E-state index in [2.05, 4.69) is 24.1 Å². The first-order valence-corrected chi connectivity index (χ1v) is 5.53. The molecule has 1 rings (SSSR count). The molecule has 0 aliphatic carbocycles. The SMILES string of the molecule is CN(C)C(C)(C)CNCC(O)c1ccco1. The topological polar surface area (TPSA) is 48.6 Å². The van der Waals surface area contributed by atoms with Gasteiger partial charge in [0.25, 0.3) is 0 Å². The predicted molar refractivity (Wildman–Crippen MR) is 64.3 cm³/mol. The minimum absolute atomic E-state index is 0.0723. The second-order valence-corrected chi connectivity index (χ2v) is 4.87. The lowest BCUT2D eigenvalue weighted by Crippen LogP contribution is -2.47. The van der Waals surface area contributed by atoms with Gasteiger partial charge in [-0.05, 0) is 40.1 Å². The minimum atomic E-state index is -0.576. The number of hydrogen-bond acceptors (Lipinski definition) is 4. The van der Waals surface area contributed by atoms with Crippen molar-refractivity contribution in [1.29, 1.82) is 0 Å². The molecule has 16 heavy (non-hydrogen) atoms. The van der Waals surface area contributed by atoms with Gasteiger partial charge in [0.1, 0.15) is 11.9 Å². The number of likely N-dealkylation sites (N-methyl/N-ethyl adjacent to an activating group) is 1. The second kappa shape index (κ2) is 5.48. The molecule has 1 aromatic heterocycles. The largest absolute Gasteiger partial charge is 0.467 e. The van der Waals surface area contributed by atoms with Gasteiger partial charge in [-0.15, -0.1) is 0 Å². The van der Waals surface area contributed by atoms with Gasteiger partial charge in [0, 0.05) is 18.6 Å². The summed E-state index contributed by atoms with van der Waals surface area (Å²) in [5.41, 5.74) is 0.0723. The summed E-state index contributed by atoms with van der Waals surface area (Å²) in [4.78, 5) is 2.15. The minimum Gasteiger partial charge on any atom is -0.467 e. The predicted octanol–water partition coefficient (Wildman–Crippen LogP) is 1.24. The number of furan rings is 1. The van der Waals surface area contributed by atoms with Crippen LogP contribution in [-0.2, 0) is 0 Å². The van der Waals surface area contributed by atoms with E-state index in [0.717, 1.165) is 6.54 Å². The third-order valence-corrected chi connectivity index (χ3v) is 2.98. The van der Waals surface area contributed by atoms with Crippen LogP contribution >= 0.6 is 0 Å². The molecular formula is C12H22N2O2. The molecule has 1 aromatic rings. The van der Waals surface area contributed by atoms with Crippen molar-refractivity contribution in [1.82, 2.24) is 10.2 Å². The van der Waals surface area contributed by atoms with Gasteiger partial charge in [0.15, 0.2) is 0 Å². The fraction of sp³-hybridized carbons (Fsp3) is 0.667. The number of aliphatic hydroxyl groups excluding tert-OH is 1. The average Bonchev–Trinajstić information content (AvgIpc) is 2.69. The lowest BCUT2D eigenvalue weighted by Gasteiger charge is -2.33. The average molecular weight is 226 g/mol. The van der Waals surface area contributed by atoms with Crippen LogP contribution < -0.4 is 5.32 Å². The van der Waals surface area contributed by atoms with Crippen LogP contribution in [-0.4, -0.2) is 42.7 Å². The molecule has 0 spiro atoms. The maximum Gasteiger partial charge on any atom is 0.133 e. The summed E-state index contributed by atoms with van der Waals surface area (Å²) in [6.45, 7) is 5.63. The fourth-order valence-electron chi connectivity index (χ4n) is 1.25. The van der Waals surface area contributed by atoms with Gasteiger partial charge in [0.2, 0.25) is 0 Å². The van der Waals surface area contributed by atoms with E-state index in [4.69, 9.17) is 4.42 Å². The van der Waals surface area contributed by atoms with Gasteiger partial charge in [-0.25, -0.2) is 0 Å². The molecule has 4 nitrogen and oxygen atoms in total. The zero-order chi connectivity index (χ0) is 12.2. The van der Waals surface area contributed by atoms with Gasteiger partial charge in [-0.1, -0.05) is 0 Å². The summed E-state index contributed by atoms with van der Waals surface area (Å²) in [7, 11) is 4.09. The van der Waals surface area contributed by atoms with E-state index in [1.807, 2.05) is 14.1 Å². The molecule has 0 radical (unpaired) electrons. The van der Waals surface area contributed by atoms with Crippen molar-refractivity contribution in [3.63, 3.8) is 0 Å². The van der Waals surface area contributed by atoms with E-state index in [1.165, 1.54) is 0 Å². The highest BCUT2D eigenvalue weighted by molar-refractivity contribution is 5.02. The van der Waals surface area contributed by atoms with E-state index in [-0.39, 0.29) is 5.54 Å². The molecule has 2 N–H and O–H groups in total. The molecule has 0 saturated carbocycles. The molecule has 4 heteroatoms. The molecule has 1 atom stereocenters. The number of aliphatic hydroxyl groups is 1. The van der Waals surface area contributed by atoms with Crippen LogP contribution in [0.25, 0.3) is 0 Å². The standard InChI is InChI=1S/C12H22N2O2/c1-12(2,14(3)4)9-13-8-10(15)11-6-5-7-16-11/h5-7,10,13,15H,8-9H2,1-4H3. The summed E-state index contributed by atoms with van der Waals surface area (Å²) in [5, 5.41) is 13.0. The van der Waals surface area contributed by atoms with Crippen molar-refractivity contribution < 1.29 is 9.52 Å². The number of rotatable bonds is 6. The monoisotopic (exact) mass is 226 g/mol. The first-order chi connectivity index (χ1) is 7.43. The number of nitrogens with one attached hydrogen (secondary N) is 1. The van der Waals surface area contributed by atoms with Gasteiger partial charge >= 0.3 is 0 Å². The van der Waals surface area contributed by atoms with Crippen LogP contribution in [0.15, 0.2) is 22.8 Å². The van der Waals surface area contributed by atoms with Crippen molar-refractivity contribution in [2.45, 2.75) is 25.5 Å². The molecule has 0 saturated heterocycles. The zero-order valence-corrected chi connectivity index (χ0v) is 10.5. The quantitative estimate of drug-likeness (QED) is 0.766. The van der Waals surface area contributed by atoms with Crippen LogP contribution in [0.4, 0.5) is 0 Å². The van der Waals surface area contributed by atoms with Crippen LogP contribution in [0.3, 0.4) is 0 Å². The Morgan fingerprint density at radius 1 is 1.50 bits per heavy atom.